The molecule has 1 amide bonds. The maximum Gasteiger partial charge on any atom is 0.252 e. The molecule has 24 heavy (non-hydrogen) atoms. The number of carbonyl (C=O) groups excluding carboxylic acids is 1. The van der Waals surface area contributed by atoms with Crippen molar-refractivity contribution in [2.24, 2.45) is 0 Å². The molecule has 0 fully saturated rings. The number of hydrogen-bond donors (Lipinski definition) is 2. The summed E-state index contributed by atoms with van der Waals surface area (Å²) in [6, 6.07) is 15.4. The number of methoxy groups -OCH3 is 1. The van der Waals surface area contributed by atoms with Crippen LogP contribution in [-0.4, -0.2) is 31.3 Å². The SMILES string of the molecule is COc1ccc(Br)c(C(=O)NCCC(CCO)c2ccccc2)c1. The third-order valence-electron chi connectivity index (χ3n) is 3.95. The summed E-state index contributed by atoms with van der Waals surface area (Å²) in [6.45, 7) is 0.678. The van der Waals surface area contributed by atoms with E-state index in [0.717, 1.165) is 10.9 Å². The highest BCUT2D eigenvalue weighted by atomic mass is 79.9. The number of ether oxygens (including phenoxy) is 1. The molecule has 0 heterocycles. The fraction of sp³-hybridized carbons (Fsp3) is 0.316. The zero-order valence-corrected chi connectivity index (χ0v) is 15.3. The Morgan fingerprint density at radius 3 is 2.62 bits per heavy atom. The molecule has 4 nitrogen and oxygen atoms in total. The summed E-state index contributed by atoms with van der Waals surface area (Å²) in [5.41, 5.74) is 1.73. The fourth-order valence-electron chi connectivity index (χ4n) is 2.62. The molecule has 2 rings (SSSR count). The zero-order valence-electron chi connectivity index (χ0n) is 13.7. The van der Waals surface area contributed by atoms with Gasteiger partial charge in [0.05, 0.1) is 12.7 Å². The van der Waals surface area contributed by atoms with Crippen LogP contribution >= 0.6 is 15.9 Å². The van der Waals surface area contributed by atoms with Crippen LogP contribution in [0.2, 0.25) is 0 Å². The third kappa shape index (κ3) is 5.08. The Morgan fingerprint density at radius 1 is 1.21 bits per heavy atom. The Balaban J connectivity index is 1.96. The Morgan fingerprint density at radius 2 is 1.96 bits per heavy atom. The van der Waals surface area contributed by atoms with Gasteiger partial charge in [0, 0.05) is 17.6 Å². The van der Waals surface area contributed by atoms with Crippen molar-refractivity contribution in [3.63, 3.8) is 0 Å². The molecule has 0 aliphatic carbocycles. The van der Waals surface area contributed by atoms with E-state index in [0.29, 0.717) is 24.3 Å². The van der Waals surface area contributed by atoms with E-state index in [-0.39, 0.29) is 18.4 Å². The quantitative estimate of drug-likeness (QED) is 0.720. The molecular weight excluding hydrogens is 370 g/mol. The van der Waals surface area contributed by atoms with Crippen molar-refractivity contribution in [3.05, 3.63) is 64.1 Å². The molecule has 2 aromatic carbocycles. The second kappa shape index (κ2) is 9.45. The highest BCUT2D eigenvalue weighted by molar-refractivity contribution is 9.10. The standard InChI is InChI=1S/C19H22BrNO3/c1-24-16-7-8-18(20)17(13-16)19(23)21-11-9-15(10-12-22)14-5-3-2-4-6-14/h2-8,13,15,22H,9-12H2,1H3,(H,21,23). The molecule has 5 heteroatoms. The molecule has 0 aliphatic heterocycles. The van der Waals surface area contributed by atoms with E-state index in [1.54, 1.807) is 25.3 Å². The molecule has 2 N–H and O–H groups in total. The van der Waals surface area contributed by atoms with E-state index in [1.165, 1.54) is 5.56 Å². The molecule has 0 aromatic heterocycles. The lowest BCUT2D eigenvalue weighted by Gasteiger charge is -2.17. The predicted molar refractivity (Wildman–Crippen MR) is 98.5 cm³/mol. The van der Waals surface area contributed by atoms with Gasteiger partial charge in [-0.05, 0) is 58.5 Å². The lowest BCUT2D eigenvalue weighted by Crippen LogP contribution is -2.26. The summed E-state index contributed by atoms with van der Waals surface area (Å²) in [5.74, 6) is 0.729. The van der Waals surface area contributed by atoms with Crippen LogP contribution in [-0.2, 0) is 0 Å². The van der Waals surface area contributed by atoms with Gasteiger partial charge < -0.3 is 15.2 Å². The Kier molecular flexibility index (Phi) is 7.28. The summed E-state index contributed by atoms with van der Waals surface area (Å²) in [6.07, 6.45) is 1.46. The van der Waals surface area contributed by atoms with Crippen LogP contribution in [0.1, 0.15) is 34.7 Å². The first-order chi connectivity index (χ1) is 11.7. The van der Waals surface area contributed by atoms with Crippen LogP contribution < -0.4 is 10.1 Å². The average molecular weight is 392 g/mol. The lowest BCUT2D eigenvalue weighted by atomic mass is 9.93. The van der Waals surface area contributed by atoms with Crippen molar-refractivity contribution in [2.45, 2.75) is 18.8 Å². The van der Waals surface area contributed by atoms with Crippen LogP contribution in [0.4, 0.5) is 0 Å². The van der Waals surface area contributed by atoms with Gasteiger partial charge >= 0.3 is 0 Å². The van der Waals surface area contributed by atoms with Crippen molar-refractivity contribution in [1.29, 1.82) is 0 Å². The Bertz CT molecular complexity index is 661. The van der Waals surface area contributed by atoms with E-state index in [9.17, 15) is 9.90 Å². The lowest BCUT2D eigenvalue weighted by molar-refractivity contribution is 0.0951. The Hall–Kier alpha value is -1.85. The number of carbonyl (C=O) groups is 1. The van der Waals surface area contributed by atoms with E-state index in [2.05, 4.69) is 33.4 Å². The monoisotopic (exact) mass is 391 g/mol. The van der Waals surface area contributed by atoms with Gasteiger partial charge in [0.2, 0.25) is 0 Å². The maximum atomic E-state index is 12.4. The van der Waals surface area contributed by atoms with Gasteiger partial charge in [0.25, 0.3) is 5.91 Å². The molecule has 128 valence electrons. The van der Waals surface area contributed by atoms with Gasteiger partial charge in [-0.15, -0.1) is 0 Å². The normalized spacial score (nSPS) is 11.8. The number of halogens is 1. The number of benzene rings is 2. The van der Waals surface area contributed by atoms with Crippen molar-refractivity contribution >= 4 is 21.8 Å². The zero-order chi connectivity index (χ0) is 17.4. The number of nitrogens with one attached hydrogen (secondary N) is 1. The molecule has 0 bridgehead atoms. The van der Waals surface area contributed by atoms with E-state index in [1.807, 2.05) is 18.2 Å². The van der Waals surface area contributed by atoms with Gasteiger partial charge in [-0.2, -0.15) is 0 Å². The second-order valence-corrected chi connectivity index (χ2v) is 6.36. The number of rotatable bonds is 8. The maximum absolute atomic E-state index is 12.4. The van der Waals surface area contributed by atoms with E-state index >= 15 is 0 Å². The van der Waals surface area contributed by atoms with Gasteiger partial charge in [-0.25, -0.2) is 0 Å². The smallest absolute Gasteiger partial charge is 0.252 e. The summed E-state index contributed by atoms with van der Waals surface area (Å²) in [4.78, 5) is 12.4. The predicted octanol–water partition coefficient (Wildman–Crippen LogP) is 3.74. The first kappa shape index (κ1) is 18.5. The van der Waals surface area contributed by atoms with Crippen molar-refractivity contribution < 1.29 is 14.6 Å². The highest BCUT2D eigenvalue weighted by Gasteiger charge is 2.14. The molecule has 1 atom stereocenters. The molecule has 1 unspecified atom stereocenters. The average Bonchev–Trinajstić information content (AvgIpc) is 2.62. The Labute approximate surface area is 151 Å². The molecule has 0 saturated heterocycles. The minimum absolute atomic E-state index is 0.134. The molecular formula is C19H22BrNO3. The first-order valence-corrected chi connectivity index (χ1v) is 8.72. The molecule has 0 saturated carbocycles. The van der Waals surface area contributed by atoms with Gasteiger partial charge in [0.15, 0.2) is 0 Å². The van der Waals surface area contributed by atoms with E-state index in [4.69, 9.17) is 4.74 Å². The largest absolute Gasteiger partial charge is 0.497 e. The second-order valence-electron chi connectivity index (χ2n) is 5.51. The van der Waals surface area contributed by atoms with Crippen LogP contribution in [0.15, 0.2) is 53.0 Å². The minimum atomic E-state index is -0.142. The molecule has 0 radical (unpaired) electrons. The molecule has 2 aromatic rings. The molecule has 0 aliphatic rings. The topological polar surface area (TPSA) is 58.6 Å². The number of aliphatic hydroxyl groups is 1. The van der Waals surface area contributed by atoms with Gasteiger partial charge in [0.1, 0.15) is 5.75 Å². The number of amides is 1. The third-order valence-corrected chi connectivity index (χ3v) is 4.64. The fourth-order valence-corrected chi connectivity index (χ4v) is 3.05. The van der Waals surface area contributed by atoms with Crippen LogP contribution in [0.25, 0.3) is 0 Å². The summed E-state index contributed by atoms with van der Waals surface area (Å²) in [7, 11) is 1.57. The number of aliphatic hydroxyl groups excluding tert-OH is 1. The van der Waals surface area contributed by atoms with Crippen molar-refractivity contribution in [1.82, 2.24) is 5.32 Å². The molecule has 0 spiro atoms. The van der Waals surface area contributed by atoms with Gasteiger partial charge in [-0.1, -0.05) is 30.3 Å². The van der Waals surface area contributed by atoms with Crippen LogP contribution in [0.5, 0.6) is 5.75 Å². The summed E-state index contributed by atoms with van der Waals surface area (Å²) in [5, 5.41) is 12.2. The summed E-state index contributed by atoms with van der Waals surface area (Å²) < 4.78 is 5.90. The summed E-state index contributed by atoms with van der Waals surface area (Å²) >= 11 is 3.39. The van der Waals surface area contributed by atoms with Crippen molar-refractivity contribution in [3.8, 4) is 5.75 Å². The van der Waals surface area contributed by atoms with Crippen LogP contribution in [0, 0.1) is 0 Å². The number of hydrogen-bond acceptors (Lipinski definition) is 3. The first-order valence-electron chi connectivity index (χ1n) is 7.93. The van der Waals surface area contributed by atoms with Crippen molar-refractivity contribution in [2.75, 3.05) is 20.3 Å². The van der Waals surface area contributed by atoms with E-state index < -0.39 is 0 Å². The van der Waals surface area contributed by atoms with Gasteiger partial charge in [-0.3, -0.25) is 4.79 Å². The highest BCUT2D eigenvalue weighted by Crippen LogP contribution is 2.24. The minimum Gasteiger partial charge on any atom is -0.497 e. The van der Waals surface area contributed by atoms with Crippen LogP contribution in [0.3, 0.4) is 0 Å².